The van der Waals surface area contributed by atoms with Crippen LogP contribution in [0.15, 0.2) is 47.3 Å². The van der Waals surface area contributed by atoms with Gasteiger partial charge in [0.05, 0.1) is 29.1 Å². The number of benzene rings is 2. The number of aryl methyl sites for hydroxylation is 1. The van der Waals surface area contributed by atoms with E-state index in [1.54, 1.807) is 24.0 Å². The Morgan fingerprint density at radius 3 is 2.69 bits per heavy atom. The number of fused-ring (bicyclic) bond motifs is 2. The van der Waals surface area contributed by atoms with Crippen LogP contribution >= 0.6 is 0 Å². The monoisotopic (exact) mass is 419 g/mol. The van der Waals surface area contributed by atoms with E-state index in [2.05, 4.69) is 15.3 Å². The van der Waals surface area contributed by atoms with Crippen molar-refractivity contribution in [2.45, 2.75) is 25.1 Å². The van der Waals surface area contributed by atoms with Crippen LogP contribution in [0, 0.1) is 12.7 Å². The van der Waals surface area contributed by atoms with Crippen molar-refractivity contribution in [2.75, 3.05) is 6.54 Å². The quantitative estimate of drug-likeness (QED) is 0.514. The van der Waals surface area contributed by atoms with E-state index in [-0.39, 0.29) is 5.69 Å². The third-order valence-corrected chi connectivity index (χ3v) is 5.88. The molecule has 1 N–H and O–H groups in total. The van der Waals surface area contributed by atoms with Gasteiger partial charge in [-0.05, 0) is 42.2 Å². The predicted octanol–water partition coefficient (Wildman–Crippen LogP) is 1.70. The average molecular weight is 419 g/mol. The van der Waals surface area contributed by atoms with Crippen LogP contribution in [0.25, 0.3) is 28.0 Å². The summed E-state index contributed by atoms with van der Waals surface area (Å²) < 4.78 is 15.6. The highest BCUT2D eigenvalue weighted by atomic mass is 19.1. The molecule has 0 aliphatic carbocycles. The van der Waals surface area contributed by atoms with Crippen molar-refractivity contribution >= 4 is 34.6 Å². The van der Waals surface area contributed by atoms with E-state index in [1.807, 2.05) is 18.2 Å². The molecule has 4 aromatic rings. The minimum atomic E-state index is -1.40. The number of hydrogen-bond acceptors (Lipinski definition) is 4. The molecule has 32 heavy (non-hydrogen) atoms. The summed E-state index contributed by atoms with van der Waals surface area (Å²) in [5, 5.41) is 10.3. The zero-order chi connectivity index (χ0) is 22.6. The number of nitrogens with zero attached hydrogens (tertiary/aromatic N) is 4. The lowest BCUT2D eigenvalue weighted by atomic mass is 9.48. The van der Waals surface area contributed by atoms with Crippen LogP contribution in [0.5, 0.6) is 0 Å². The fourth-order valence-electron chi connectivity index (χ4n) is 4.17. The van der Waals surface area contributed by atoms with Gasteiger partial charge in [-0.2, -0.15) is 14.9 Å². The van der Waals surface area contributed by atoms with Crippen LogP contribution in [0.3, 0.4) is 0 Å². The summed E-state index contributed by atoms with van der Waals surface area (Å²) in [4.78, 5) is 14.5. The molecule has 2 aromatic carbocycles. The highest BCUT2D eigenvalue weighted by Gasteiger charge is 2.25. The van der Waals surface area contributed by atoms with Gasteiger partial charge in [0.15, 0.2) is 0 Å². The van der Waals surface area contributed by atoms with E-state index < -0.39 is 16.6 Å². The van der Waals surface area contributed by atoms with E-state index in [1.165, 1.54) is 17.7 Å². The molecule has 0 spiro atoms. The summed E-state index contributed by atoms with van der Waals surface area (Å²) in [5.41, 5.74) is 4.79. The molecular formula is C22H17B3FN5O. The normalized spacial score (nSPS) is 14.6. The first-order chi connectivity index (χ1) is 15.2. The van der Waals surface area contributed by atoms with Gasteiger partial charge in [-0.25, -0.2) is 4.39 Å². The highest BCUT2D eigenvalue weighted by molar-refractivity contribution is 6.59. The van der Waals surface area contributed by atoms with Crippen molar-refractivity contribution in [3.63, 3.8) is 0 Å². The Labute approximate surface area is 188 Å². The Balaban J connectivity index is 1.63. The van der Waals surface area contributed by atoms with Crippen LogP contribution in [-0.4, -0.2) is 60.2 Å². The first-order valence-corrected chi connectivity index (χ1v) is 10.2. The lowest BCUT2D eigenvalue weighted by Crippen LogP contribution is -2.52. The molecule has 0 atom stereocenters. The number of para-hydroxylation sites is 1. The molecule has 0 bridgehead atoms. The summed E-state index contributed by atoms with van der Waals surface area (Å²) in [5.74, 6) is -0.522. The Morgan fingerprint density at radius 1 is 1.12 bits per heavy atom. The molecule has 6 nitrogen and oxygen atoms in total. The van der Waals surface area contributed by atoms with Crippen LogP contribution in [0.2, 0.25) is 0 Å². The minimum absolute atomic E-state index is 0.123. The van der Waals surface area contributed by atoms with Gasteiger partial charge in [0.25, 0.3) is 5.56 Å². The molecule has 5 rings (SSSR count). The van der Waals surface area contributed by atoms with Gasteiger partial charge >= 0.3 is 0 Å². The standard InChI is InChI=1S/C22H17B3FN5O/c1-12-3-2-4-16(26)21(12)31-18(32)10-17-20(29-31)19(28-27-17)14-6-5-13-7-8-30(22(23,24)25)11-15(13)9-14/h2-6,9-10,27H,7-8,11H2,1H3. The van der Waals surface area contributed by atoms with Gasteiger partial charge in [0, 0.05) is 24.7 Å². The number of hydrogen-bond donors (Lipinski definition) is 1. The van der Waals surface area contributed by atoms with Crippen LogP contribution in [-0.2, 0) is 13.0 Å². The number of halogens is 1. The van der Waals surface area contributed by atoms with E-state index in [0.717, 1.165) is 22.2 Å². The molecule has 0 saturated carbocycles. The first-order valence-electron chi connectivity index (χ1n) is 10.2. The molecule has 0 saturated heterocycles. The number of aromatic amines is 1. The second-order valence-electron chi connectivity index (χ2n) is 8.18. The number of H-pyrrole nitrogens is 1. The van der Waals surface area contributed by atoms with Crippen molar-refractivity contribution < 1.29 is 4.39 Å². The molecule has 152 valence electrons. The van der Waals surface area contributed by atoms with E-state index in [0.29, 0.717) is 35.4 Å². The van der Waals surface area contributed by atoms with Crippen molar-refractivity contribution in [1.29, 1.82) is 0 Å². The summed E-state index contributed by atoms with van der Waals surface area (Å²) >= 11 is 0. The molecule has 6 radical (unpaired) electrons. The Morgan fingerprint density at radius 2 is 1.94 bits per heavy atom. The maximum atomic E-state index is 14.5. The van der Waals surface area contributed by atoms with Gasteiger partial charge in [-0.1, -0.05) is 29.5 Å². The van der Waals surface area contributed by atoms with Gasteiger partial charge in [-0.3, -0.25) is 9.89 Å². The molecule has 0 fully saturated rings. The largest absolute Gasteiger partial charge is 0.318 e. The zero-order valence-corrected chi connectivity index (χ0v) is 17.5. The number of nitrogens with one attached hydrogen (secondary N) is 1. The maximum absolute atomic E-state index is 14.5. The van der Waals surface area contributed by atoms with Crippen molar-refractivity contribution in [2.24, 2.45) is 0 Å². The van der Waals surface area contributed by atoms with Gasteiger partial charge < -0.3 is 4.90 Å². The van der Waals surface area contributed by atoms with Crippen LogP contribution in [0.4, 0.5) is 4.39 Å². The van der Waals surface area contributed by atoms with Crippen molar-refractivity contribution in [3.05, 3.63) is 75.3 Å². The molecular weight excluding hydrogens is 402 g/mol. The molecule has 1 aliphatic heterocycles. The fourth-order valence-corrected chi connectivity index (χ4v) is 4.17. The number of rotatable bonds is 3. The second kappa shape index (κ2) is 7.48. The third kappa shape index (κ3) is 3.48. The molecule has 0 unspecified atom stereocenters. The van der Waals surface area contributed by atoms with Crippen LogP contribution in [0.1, 0.15) is 16.7 Å². The first kappa shape index (κ1) is 20.8. The van der Waals surface area contributed by atoms with Gasteiger partial charge in [0.2, 0.25) is 0 Å². The zero-order valence-electron chi connectivity index (χ0n) is 17.5. The average Bonchev–Trinajstić information content (AvgIpc) is 3.15. The summed E-state index contributed by atoms with van der Waals surface area (Å²) in [7, 11) is 17.6. The van der Waals surface area contributed by atoms with Crippen LogP contribution < -0.4 is 5.56 Å². The third-order valence-electron chi connectivity index (χ3n) is 5.88. The van der Waals surface area contributed by atoms with Gasteiger partial charge in [0.1, 0.15) is 22.7 Å². The Kier molecular flexibility index (Phi) is 4.85. The summed E-state index contributed by atoms with van der Waals surface area (Å²) in [6.07, 6.45) is 0.772. The fraction of sp³-hybridized carbons (Fsp3) is 0.227. The topological polar surface area (TPSA) is 66.8 Å². The number of aromatic nitrogens is 4. The second-order valence-corrected chi connectivity index (χ2v) is 8.18. The van der Waals surface area contributed by atoms with E-state index >= 15 is 0 Å². The van der Waals surface area contributed by atoms with E-state index in [9.17, 15) is 9.18 Å². The minimum Gasteiger partial charge on any atom is -0.318 e. The smallest absolute Gasteiger partial charge is 0.273 e. The Hall–Kier alpha value is -3.13. The SMILES string of the molecule is [B]C([B])([B])N1CCc2ccc(-c3n[nH]c4cc(=O)n(-c5c(C)cccc5F)nc34)cc2C1. The molecule has 10 heteroatoms. The molecule has 3 heterocycles. The summed E-state index contributed by atoms with van der Waals surface area (Å²) in [6.45, 7) is 2.90. The summed E-state index contributed by atoms with van der Waals surface area (Å²) in [6, 6.07) is 12.0. The predicted molar refractivity (Wildman–Crippen MR) is 124 cm³/mol. The van der Waals surface area contributed by atoms with Gasteiger partial charge in [-0.15, -0.1) is 0 Å². The maximum Gasteiger partial charge on any atom is 0.273 e. The molecule has 1 aliphatic rings. The van der Waals surface area contributed by atoms with Crippen molar-refractivity contribution in [3.8, 4) is 16.9 Å². The Bertz CT molecular complexity index is 1390. The van der Waals surface area contributed by atoms with E-state index in [4.69, 9.17) is 23.5 Å². The lowest BCUT2D eigenvalue weighted by Gasteiger charge is -2.40. The van der Waals surface area contributed by atoms with Crippen molar-refractivity contribution in [1.82, 2.24) is 24.9 Å². The highest BCUT2D eigenvalue weighted by Crippen LogP contribution is 2.30. The molecule has 2 aromatic heterocycles. The molecule has 0 amide bonds. The lowest BCUT2D eigenvalue weighted by molar-refractivity contribution is 0.253.